The van der Waals surface area contributed by atoms with E-state index in [2.05, 4.69) is 10.8 Å². The van der Waals surface area contributed by atoms with Crippen LogP contribution >= 0.6 is 0 Å². The molecule has 0 spiro atoms. The minimum absolute atomic E-state index is 0.0346. The first kappa shape index (κ1) is 22.3. The van der Waals surface area contributed by atoms with Gasteiger partial charge in [0.05, 0.1) is 5.69 Å². The van der Waals surface area contributed by atoms with E-state index in [1.54, 1.807) is 6.07 Å². The van der Waals surface area contributed by atoms with E-state index in [-0.39, 0.29) is 5.56 Å². The maximum absolute atomic E-state index is 14.2. The summed E-state index contributed by atoms with van der Waals surface area (Å²) in [6, 6.07) is 10.4. The van der Waals surface area contributed by atoms with E-state index >= 15 is 0 Å². The molecule has 1 amide bonds. The molecule has 2 aromatic carbocycles. The predicted octanol–water partition coefficient (Wildman–Crippen LogP) is 3.62. The average molecular weight is 427 g/mol. The Morgan fingerprint density at radius 1 is 1.17 bits per heavy atom. The molecule has 10 heteroatoms. The molecule has 0 aromatic heterocycles. The topological polar surface area (TPSA) is 89.5 Å². The van der Waals surface area contributed by atoms with Crippen molar-refractivity contribution in [3.05, 3.63) is 72.1 Å². The van der Waals surface area contributed by atoms with Crippen LogP contribution in [0.4, 0.5) is 18.9 Å². The van der Waals surface area contributed by atoms with Crippen molar-refractivity contribution in [3.8, 4) is 0 Å². The lowest BCUT2D eigenvalue weighted by Gasteiger charge is -2.19. The maximum atomic E-state index is 14.2. The third-order valence-corrected chi connectivity index (χ3v) is 5.11. The first-order valence-electron chi connectivity index (χ1n) is 8.13. The zero-order valence-corrected chi connectivity index (χ0v) is 15.9. The molecule has 0 heterocycles. The van der Waals surface area contributed by atoms with Crippen LogP contribution in [-0.4, -0.2) is 31.5 Å². The minimum atomic E-state index is -5.86. The molecule has 6 nitrogen and oxygen atoms in total. The lowest BCUT2D eigenvalue weighted by Crippen LogP contribution is -2.45. The van der Waals surface area contributed by atoms with Crippen molar-refractivity contribution in [2.24, 2.45) is 0 Å². The van der Waals surface area contributed by atoms with Crippen LogP contribution in [0, 0.1) is 5.82 Å². The molecule has 154 valence electrons. The zero-order chi connectivity index (χ0) is 21.8. The van der Waals surface area contributed by atoms with Gasteiger partial charge < -0.3 is 5.32 Å². The van der Waals surface area contributed by atoms with Gasteiger partial charge in [-0.25, -0.2) is 4.39 Å². The molecule has 1 unspecified atom stereocenters. The summed E-state index contributed by atoms with van der Waals surface area (Å²) in [5.41, 5.74) is -0.312. The Kier molecular flexibility index (Phi) is 6.60. The largest absolute Gasteiger partial charge is 0.447 e. The van der Waals surface area contributed by atoms with Crippen molar-refractivity contribution in [1.82, 2.24) is 0 Å². The van der Waals surface area contributed by atoms with Gasteiger partial charge in [-0.15, -0.1) is 0 Å². The fourth-order valence-electron chi connectivity index (χ4n) is 2.20. The number of ketones is 1. The van der Waals surface area contributed by atoms with Gasteiger partial charge in [0.1, 0.15) is 11.9 Å². The molecule has 0 aliphatic carbocycles. The molecule has 0 saturated carbocycles. The first-order chi connectivity index (χ1) is 13.5. The highest BCUT2D eigenvalue weighted by atomic mass is 32.2. The number of alkyl halides is 2. The summed E-state index contributed by atoms with van der Waals surface area (Å²) >= 11 is 0. The number of rotatable bonds is 8. The molecule has 0 bridgehead atoms. The standard InChI is InChI=1S/C19H16F3NO5S/c1-3-13-9-10-16(15(20)11-13)23-18(25)19(21,22)29(26,27)28-12(2)17(24)14-7-5-4-6-8-14/h3-12H,1H2,2H3,(H,23,25). The highest BCUT2D eigenvalue weighted by molar-refractivity contribution is 7.88. The number of Topliss-reactive ketones (excluding diaryl/α,β-unsaturated/α-hetero) is 1. The zero-order valence-electron chi connectivity index (χ0n) is 15.1. The lowest BCUT2D eigenvalue weighted by molar-refractivity contribution is -0.130. The summed E-state index contributed by atoms with van der Waals surface area (Å²) in [5, 5.41) is -3.58. The van der Waals surface area contributed by atoms with Gasteiger partial charge in [0, 0.05) is 5.56 Å². The van der Waals surface area contributed by atoms with Gasteiger partial charge in [-0.05, 0) is 24.6 Å². The van der Waals surface area contributed by atoms with E-state index in [1.165, 1.54) is 41.7 Å². The Morgan fingerprint density at radius 3 is 2.34 bits per heavy atom. The molecule has 1 atom stereocenters. The van der Waals surface area contributed by atoms with Gasteiger partial charge in [-0.3, -0.25) is 13.8 Å². The number of hydrogen-bond donors (Lipinski definition) is 1. The van der Waals surface area contributed by atoms with Crippen molar-refractivity contribution in [2.75, 3.05) is 5.32 Å². The van der Waals surface area contributed by atoms with Gasteiger partial charge >= 0.3 is 21.3 Å². The quantitative estimate of drug-likeness (QED) is 0.514. The van der Waals surface area contributed by atoms with Crippen LogP contribution in [0.15, 0.2) is 55.1 Å². The van der Waals surface area contributed by atoms with Crippen LogP contribution in [-0.2, 0) is 19.1 Å². The fourth-order valence-corrected chi connectivity index (χ4v) is 3.07. The minimum Gasteiger partial charge on any atom is -0.317 e. The molecule has 0 radical (unpaired) electrons. The van der Waals surface area contributed by atoms with Crippen LogP contribution in [0.5, 0.6) is 0 Å². The number of benzene rings is 2. The van der Waals surface area contributed by atoms with E-state index in [9.17, 15) is 31.2 Å². The van der Waals surface area contributed by atoms with E-state index < -0.39 is 44.7 Å². The molecule has 2 rings (SSSR count). The Balaban J connectivity index is 2.18. The smallest absolute Gasteiger partial charge is 0.317 e. The number of hydrogen-bond acceptors (Lipinski definition) is 5. The summed E-state index contributed by atoms with van der Waals surface area (Å²) in [7, 11) is -5.86. The van der Waals surface area contributed by atoms with Crippen LogP contribution < -0.4 is 5.32 Å². The first-order valence-corrected chi connectivity index (χ1v) is 9.53. The number of nitrogens with one attached hydrogen (secondary N) is 1. The Hall–Kier alpha value is -2.98. The van der Waals surface area contributed by atoms with Crippen LogP contribution in [0.25, 0.3) is 6.08 Å². The molecule has 29 heavy (non-hydrogen) atoms. The van der Waals surface area contributed by atoms with E-state index in [0.29, 0.717) is 5.56 Å². The predicted molar refractivity (Wildman–Crippen MR) is 100 cm³/mol. The third-order valence-electron chi connectivity index (χ3n) is 3.75. The number of halogens is 3. The van der Waals surface area contributed by atoms with E-state index in [4.69, 9.17) is 0 Å². The molecule has 2 aromatic rings. The summed E-state index contributed by atoms with van der Waals surface area (Å²) in [6.45, 7) is 4.35. The molecular weight excluding hydrogens is 411 g/mol. The Labute approximate surface area is 165 Å². The highest BCUT2D eigenvalue weighted by Crippen LogP contribution is 2.28. The van der Waals surface area contributed by atoms with Gasteiger partial charge in [-0.1, -0.05) is 49.1 Å². The molecule has 0 saturated heterocycles. The maximum Gasteiger partial charge on any atom is 0.447 e. The van der Waals surface area contributed by atoms with Crippen LogP contribution in [0.2, 0.25) is 0 Å². The van der Waals surface area contributed by atoms with Crippen molar-refractivity contribution in [3.63, 3.8) is 0 Å². The summed E-state index contributed by atoms with van der Waals surface area (Å²) in [4.78, 5) is 23.9. The summed E-state index contributed by atoms with van der Waals surface area (Å²) in [5.74, 6) is -4.28. The fraction of sp³-hybridized carbons (Fsp3) is 0.158. The third kappa shape index (κ3) is 4.90. The van der Waals surface area contributed by atoms with Gasteiger partial charge in [0.25, 0.3) is 0 Å². The SMILES string of the molecule is C=Cc1ccc(NC(=O)C(F)(F)S(=O)(=O)OC(C)C(=O)c2ccccc2)c(F)c1. The van der Waals surface area contributed by atoms with Gasteiger partial charge in [-0.2, -0.15) is 17.2 Å². The van der Waals surface area contributed by atoms with Crippen molar-refractivity contribution in [1.29, 1.82) is 0 Å². The second-order valence-corrected chi connectivity index (χ2v) is 7.45. The molecule has 0 aliphatic heterocycles. The highest BCUT2D eigenvalue weighted by Gasteiger charge is 2.55. The van der Waals surface area contributed by atoms with Gasteiger partial charge in [0.15, 0.2) is 5.78 Å². The molecule has 0 fully saturated rings. The average Bonchev–Trinajstić information content (AvgIpc) is 2.68. The van der Waals surface area contributed by atoms with Crippen LogP contribution in [0.3, 0.4) is 0 Å². The van der Waals surface area contributed by atoms with Crippen molar-refractivity contribution in [2.45, 2.75) is 18.3 Å². The Morgan fingerprint density at radius 2 is 1.79 bits per heavy atom. The monoisotopic (exact) mass is 427 g/mol. The van der Waals surface area contributed by atoms with Crippen LogP contribution in [0.1, 0.15) is 22.8 Å². The van der Waals surface area contributed by atoms with E-state index in [1.807, 2.05) is 0 Å². The lowest BCUT2D eigenvalue weighted by atomic mass is 10.1. The Bertz CT molecular complexity index is 1040. The summed E-state index contributed by atoms with van der Waals surface area (Å²) in [6.07, 6.45) is -0.531. The second kappa shape index (κ2) is 8.58. The number of carbonyl (C=O) groups excluding carboxylic acids is 2. The normalized spacial score (nSPS) is 12.8. The number of anilines is 1. The molecule has 1 N–H and O–H groups in total. The molecule has 0 aliphatic rings. The number of amides is 1. The van der Waals surface area contributed by atoms with Crippen molar-refractivity contribution < 1.29 is 35.4 Å². The molecular formula is C19H16F3NO5S. The van der Waals surface area contributed by atoms with E-state index in [0.717, 1.165) is 19.1 Å². The van der Waals surface area contributed by atoms with Crippen molar-refractivity contribution >= 4 is 33.6 Å². The summed E-state index contributed by atoms with van der Waals surface area (Å²) < 4.78 is 70.4. The second-order valence-electron chi connectivity index (χ2n) is 5.84. The van der Waals surface area contributed by atoms with Gasteiger partial charge in [0.2, 0.25) is 0 Å². The number of carbonyl (C=O) groups is 2.